The zero-order chi connectivity index (χ0) is 12.2. The first kappa shape index (κ1) is 12.7. The number of carboxylic acids is 1. The molecule has 1 aromatic rings. The molecular formula is C13H18O3. The topological polar surface area (TPSA) is 57.5 Å². The van der Waals surface area contributed by atoms with Crippen molar-refractivity contribution in [3.63, 3.8) is 0 Å². The van der Waals surface area contributed by atoms with Crippen LogP contribution in [0, 0.1) is 0 Å². The molecule has 2 N–H and O–H groups in total. The van der Waals surface area contributed by atoms with Gasteiger partial charge in [-0.25, -0.2) is 0 Å². The molecule has 0 saturated carbocycles. The third-order valence-electron chi connectivity index (χ3n) is 2.98. The molecule has 1 aromatic carbocycles. The fourth-order valence-electron chi connectivity index (χ4n) is 2.09. The summed E-state index contributed by atoms with van der Waals surface area (Å²) in [7, 11) is 0. The van der Waals surface area contributed by atoms with Crippen LogP contribution in [0.5, 0.6) is 0 Å². The van der Waals surface area contributed by atoms with Gasteiger partial charge in [0.2, 0.25) is 0 Å². The summed E-state index contributed by atoms with van der Waals surface area (Å²) in [6.45, 7) is 3.46. The lowest BCUT2D eigenvalue weighted by molar-refractivity contribution is -0.145. The van der Waals surface area contributed by atoms with Crippen LogP contribution >= 0.6 is 0 Å². The van der Waals surface area contributed by atoms with Gasteiger partial charge >= 0.3 is 5.97 Å². The second-order valence-corrected chi connectivity index (χ2v) is 4.16. The summed E-state index contributed by atoms with van der Waals surface area (Å²) in [4.78, 5) is 11.5. The molecule has 0 spiro atoms. The number of aliphatic hydroxyl groups is 1. The highest BCUT2D eigenvalue weighted by Gasteiger charge is 2.39. The van der Waals surface area contributed by atoms with Gasteiger partial charge in [0, 0.05) is 0 Å². The van der Waals surface area contributed by atoms with Crippen LogP contribution in [0.15, 0.2) is 30.3 Å². The molecule has 0 aliphatic rings. The maximum atomic E-state index is 11.5. The van der Waals surface area contributed by atoms with Crippen LogP contribution in [0.4, 0.5) is 0 Å². The summed E-state index contributed by atoms with van der Waals surface area (Å²) in [5, 5.41) is 18.9. The van der Waals surface area contributed by atoms with Crippen LogP contribution < -0.4 is 0 Å². The monoisotopic (exact) mass is 222 g/mol. The molecule has 3 nitrogen and oxygen atoms in total. The van der Waals surface area contributed by atoms with Crippen molar-refractivity contribution in [3.8, 4) is 0 Å². The van der Waals surface area contributed by atoms with E-state index in [0.29, 0.717) is 6.42 Å². The van der Waals surface area contributed by atoms with Crippen molar-refractivity contribution in [1.82, 2.24) is 0 Å². The van der Waals surface area contributed by atoms with E-state index < -0.39 is 17.5 Å². The normalized spacial score (nSPS) is 16.4. The Bertz CT molecular complexity index is 345. The molecule has 2 unspecified atom stereocenters. The molecule has 0 bridgehead atoms. The second kappa shape index (κ2) is 5.12. The molecule has 2 atom stereocenters. The molecule has 16 heavy (non-hydrogen) atoms. The third-order valence-corrected chi connectivity index (χ3v) is 2.98. The van der Waals surface area contributed by atoms with Crippen molar-refractivity contribution in [2.24, 2.45) is 0 Å². The standard InChI is InChI=1S/C13H18O3/c1-3-13(12(15)16,9-10(2)14)11-7-5-4-6-8-11/h4-8,10,14H,3,9H2,1-2H3,(H,15,16). The lowest BCUT2D eigenvalue weighted by Gasteiger charge is -2.30. The van der Waals surface area contributed by atoms with Gasteiger partial charge in [-0.05, 0) is 25.3 Å². The van der Waals surface area contributed by atoms with Crippen molar-refractivity contribution >= 4 is 5.97 Å². The molecule has 0 amide bonds. The summed E-state index contributed by atoms with van der Waals surface area (Å²) in [6.07, 6.45) is 0.0800. The predicted octanol–water partition coefficient (Wildman–Crippen LogP) is 2.19. The van der Waals surface area contributed by atoms with E-state index in [2.05, 4.69) is 0 Å². The van der Waals surface area contributed by atoms with Crippen LogP contribution in [-0.4, -0.2) is 22.3 Å². The maximum Gasteiger partial charge on any atom is 0.314 e. The van der Waals surface area contributed by atoms with E-state index in [1.807, 2.05) is 25.1 Å². The Balaban J connectivity index is 3.18. The van der Waals surface area contributed by atoms with Gasteiger partial charge in [0.25, 0.3) is 0 Å². The Labute approximate surface area is 95.7 Å². The van der Waals surface area contributed by atoms with E-state index in [-0.39, 0.29) is 6.42 Å². The number of hydrogen-bond acceptors (Lipinski definition) is 2. The van der Waals surface area contributed by atoms with Crippen LogP contribution in [0.25, 0.3) is 0 Å². The summed E-state index contributed by atoms with van der Waals surface area (Å²) in [6, 6.07) is 9.11. The number of aliphatic hydroxyl groups excluding tert-OH is 1. The minimum Gasteiger partial charge on any atom is -0.481 e. The van der Waals surface area contributed by atoms with Crippen LogP contribution in [0.3, 0.4) is 0 Å². The van der Waals surface area contributed by atoms with Crippen LogP contribution in [0.1, 0.15) is 32.3 Å². The van der Waals surface area contributed by atoms with Gasteiger partial charge in [0.1, 0.15) is 0 Å². The summed E-state index contributed by atoms with van der Waals surface area (Å²) in [5.74, 6) is -0.873. The Morgan fingerprint density at radius 1 is 1.38 bits per heavy atom. The Kier molecular flexibility index (Phi) is 4.07. The number of carbonyl (C=O) groups is 1. The summed E-state index contributed by atoms with van der Waals surface area (Å²) in [5.41, 5.74) is -0.221. The molecule has 0 heterocycles. The third kappa shape index (κ3) is 2.42. The molecule has 0 radical (unpaired) electrons. The predicted molar refractivity (Wildman–Crippen MR) is 62.3 cm³/mol. The first-order valence-electron chi connectivity index (χ1n) is 5.50. The van der Waals surface area contributed by atoms with Crippen LogP contribution in [0.2, 0.25) is 0 Å². The zero-order valence-electron chi connectivity index (χ0n) is 9.68. The molecule has 0 aliphatic carbocycles. The zero-order valence-corrected chi connectivity index (χ0v) is 9.68. The molecule has 1 rings (SSSR count). The van der Waals surface area contributed by atoms with E-state index in [0.717, 1.165) is 5.56 Å². The second-order valence-electron chi connectivity index (χ2n) is 4.16. The first-order valence-corrected chi connectivity index (χ1v) is 5.50. The average Bonchev–Trinajstić information content (AvgIpc) is 2.26. The highest BCUT2D eigenvalue weighted by Crippen LogP contribution is 2.33. The van der Waals surface area contributed by atoms with Crippen LogP contribution in [-0.2, 0) is 10.2 Å². The fourth-order valence-corrected chi connectivity index (χ4v) is 2.09. The summed E-state index contributed by atoms with van der Waals surface area (Å²) >= 11 is 0. The van der Waals surface area contributed by atoms with Crippen molar-refractivity contribution in [2.75, 3.05) is 0 Å². The number of aliphatic carboxylic acids is 1. The number of rotatable bonds is 5. The van der Waals surface area contributed by atoms with Gasteiger partial charge in [-0.3, -0.25) is 4.79 Å². The van der Waals surface area contributed by atoms with E-state index in [1.54, 1.807) is 19.1 Å². The highest BCUT2D eigenvalue weighted by molar-refractivity contribution is 5.81. The molecule has 88 valence electrons. The molecule has 0 aromatic heterocycles. The number of benzene rings is 1. The van der Waals surface area contributed by atoms with Crippen molar-refractivity contribution in [1.29, 1.82) is 0 Å². The van der Waals surface area contributed by atoms with E-state index in [9.17, 15) is 15.0 Å². The summed E-state index contributed by atoms with van der Waals surface area (Å²) < 4.78 is 0. The van der Waals surface area contributed by atoms with Crippen molar-refractivity contribution < 1.29 is 15.0 Å². The Hall–Kier alpha value is -1.35. The number of carboxylic acid groups (broad SMARTS) is 1. The maximum absolute atomic E-state index is 11.5. The van der Waals surface area contributed by atoms with E-state index in [1.165, 1.54) is 0 Å². The molecule has 0 fully saturated rings. The molecule has 0 saturated heterocycles. The largest absolute Gasteiger partial charge is 0.481 e. The first-order chi connectivity index (χ1) is 7.53. The average molecular weight is 222 g/mol. The van der Waals surface area contributed by atoms with E-state index in [4.69, 9.17) is 0 Å². The van der Waals surface area contributed by atoms with E-state index >= 15 is 0 Å². The van der Waals surface area contributed by atoms with Crippen molar-refractivity contribution in [2.45, 2.75) is 38.2 Å². The van der Waals surface area contributed by atoms with Crippen molar-refractivity contribution in [3.05, 3.63) is 35.9 Å². The SMILES string of the molecule is CCC(CC(C)O)(C(=O)O)c1ccccc1. The quantitative estimate of drug-likeness (QED) is 0.803. The minimum atomic E-state index is -0.977. The minimum absolute atomic E-state index is 0.239. The van der Waals surface area contributed by atoms with Gasteiger partial charge < -0.3 is 10.2 Å². The number of hydrogen-bond donors (Lipinski definition) is 2. The van der Waals surface area contributed by atoms with Gasteiger partial charge in [-0.2, -0.15) is 0 Å². The lowest BCUT2D eigenvalue weighted by Crippen LogP contribution is -2.38. The highest BCUT2D eigenvalue weighted by atomic mass is 16.4. The molecule has 0 aliphatic heterocycles. The fraction of sp³-hybridized carbons (Fsp3) is 0.462. The Morgan fingerprint density at radius 3 is 2.31 bits per heavy atom. The van der Waals surface area contributed by atoms with Gasteiger partial charge in [-0.15, -0.1) is 0 Å². The van der Waals surface area contributed by atoms with Gasteiger partial charge in [0.15, 0.2) is 0 Å². The molecule has 3 heteroatoms. The van der Waals surface area contributed by atoms with Gasteiger partial charge in [-0.1, -0.05) is 37.3 Å². The lowest BCUT2D eigenvalue weighted by atomic mass is 9.74. The Morgan fingerprint density at radius 2 is 1.94 bits per heavy atom. The smallest absolute Gasteiger partial charge is 0.314 e. The van der Waals surface area contributed by atoms with Gasteiger partial charge in [0.05, 0.1) is 11.5 Å². The molecular weight excluding hydrogens is 204 g/mol.